The van der Waals surface area contributed by atoms with E-state index in [0.29, 0.717) is 0 Å². The van der Waals surface area contributed by atoms with Crippen LogP contribution in [0.4, 0.5) is 11.5 Å². The number of nitro groups is 1. The van der Waals surface area contributed by atoms with Crippen molar-refractivity contribution in [1.29, 1.82) is 0 Å². The van der Waals surface area contributed by atoms with Crippen LogP contribution in [-0.2, 0) is 4.79 Å². The van der Waals surface area contributed by atoms with Gasteiger partial charge in [-0.05, 0) is 24.8 Å². The van der Waals surface area contributed by atoms with Gasteiger partial charge in [0, 0.05) is 25.4 Å². The van der Waals surface area contributed by atoms with Gasteiger partial charge in [-0.2, -0.15) is 0 Å². The van der Waals surface area contributed by atoms with Gasteiger partial charge in [0.2, 0.25) is 11.7 Å². The minimum Gasteiger partial charge on any atom is -0.352 e. The van der Waals surface area contributed by atoms with Crippen molar-refractivity contribution in [3.63, 3.8) is 0 Å². The lowest BCUT2D eigenvalue weighted by Gasteiger charge is -2.26. The Kier molecular flexibility index (Phi) is 4.72. The van der Waals surface area contributed by atoms with E-state index in [4.69, 9.17) is 0 Å². The smallest absolute Gasteiger partial charge is 0.311 e. The Balaban J connectivity index is 2.20. The van der Waals surface area contributed by atoms with Gasteiger partial charge in [0.15, 0.2) is 0 Å². The van der Waals surface area contributed by atoms with Crippen LogP contribution in [0.1, 0.15) is 26.7 Å². The SMILES string of the molecule is CC(C)[C@H](Nc1ncccc1[N+](=O)[O-])C(=O)N1CCCC1. The molecule has 0 bridgehead atoms. The fourth-order valence-corrected chi connectivity index (χ4v) is 2.45. The van der Waals surface area contributed by atoms with Crippen LogP contribution in [0.25, 0.3) is 0 Å². The molecule has 1 aliphatic rings. The molecule has 1 N–H and O–H groups in total. The molecule has 1 atom stereocenters. The van der Waals surface area contributed by atoms with Crippen molar-refractivity contribution in [2.75, 3.05) is 18.4 Å². The maximum absolute atomic E-state index is 12.5. The first-order chi connectivity index (χ1) is 10.0. The van der Waals surface area contributed by atoms with Crippen molar-refractivity contribution < 1.29 is 9.72 Å². The zero-order valence-corrected chi connectivity index (χ0v) is 12.3. The summed E-state index contributed by atoms with van der Waals surface area (Å²) in [5, 5.41) is 14.0. The average molecular weight is 292 g/mol. The molecule has 2 heterocycles. The van der Waals surface area contributed by atoms with Crippen LogP contribution in [0.5, 0.6) is 0 Å². The van der Waals surface area contributed by atoms with E-state index in [1.165, 1.54) is 18.3 Å². The largest absolute Gasteiger partial charge is 0.352 e. The quantitative estimate of drug-likeness (QED) is 0.662. The van der Waals surface area contributed by atoms with Gasteiger partial charge in [-0.1, -0.05) is 13.8 Å². The van der Waals surface area contributed by atoms with Crippen molar-refractivity contribution in [2.24, 2.45) is 5.92 Å². The molecule has 7 nitrogen and oxygen atoms in total. The van der Waals surface area contributed by atoms with Gasteiger partial charge in [0.05, 0.1) is 4.92 Å². The number of aromatic nitrogens is 1. The molecule has 1 saturated heterocycles. The summed E-state index contributed by atoms with van der Waals surface area (Å²) >= 11 is 0. The van der Waals surface area contributed by atoms with Crippen LogP contribution in [-0.4, -0.2) is 39.8 Å². The molecular weight excluding hydrogens is 272 g/mol. The molecular formula is C14H20N4O3. The number of carbonyl (C=O) groups is 1. The number of anilines is 1. The van der Waals surface area contributed by atoms with Crippen LogP contribution in [0.3, 0.4) is 0 Å². The highest BCUT2D eigenvalue weighted by Crippen LogP contribution is 2.24. The zero-order valence-electron chi connectivity index (χ0n) is 12.3. The highest BCUT2D eigenvalue weighted by molar-refractivity contribution is 5.85. The van der Waals surface area contributed by atoms with Crippen LogP contribution in [0.15, 0.2) is 18.3 Å². The molecule has 21 heavy (non-hydrogen) atoms. The number of amides is 1. The van der Waals surface area contributed by atoms with Crippen molar-refractivity contribution in [2.45, 2.75) is 32.7 Å². The van der Waals surface area contributed by atoms with Gasteiger partial charge >= 0.3 is 5.69 Å². The van der Waals surface area contributed by atoms with Crippen molar-refractivity contribution in [3.8, 4) is 0 Å². The predicted molar refractivity (Wildman–Crippen MR) is 79.0 cm³/mol. The van der Waals surface area contributed by atoms with Gasteiger partial charge in [-0.15, -0.1) is 0 Å². The Hall–Kier alpha value is -2.18. The lowest BCUT2D eigenvalue weighted by molar-refractivity contribution is -0.384. The molecule has 1 aliphatic heterocycles. The number of hydrogen-bond donors (Lipinski definition) is 1. The number of rotatable bonds is 5. The predicted octanol–water partition coefficient (Wildman–Crippen LogP) is 2.05. The van der Waals surface area contributed by atoms with Crippen LogP contribution in [0, 0.1) is 16.0 Å². The summed E-state index contributed by atoms with van der Waals surface area (Å²) in [6.45, 7) is 5.35. The molecule has 0 aliphatic carbocycles. The number of nitrogens with zero attached hydrogens (tertiary/aromatic N) is 3. The highest BCUT2D eigenvalue weighted by Gasteiger charge is 2.30. The van der Waals surface area contributed by atoms with Crippen LogP contribution in [0.2, 0.25) is 0 Å². The minimum absolute atomic E-state index is 0.0116. The third-order valence-electron chi connectivity index (χ3n) is 3.63. The van der Waals surface area contributed by atoms with Gasteiger partial charge in [-0.25, -0.2) is 4.98 Å². The Morgan fingerprint density at radius 2 is 2.10 bits per heavy atom. The lowest BCUT2D eigenvalue weighted by Crippen LogP contribution is -2.44. The number of likely N-dealkylation sites (tertiary alicyclic amines) is 1. The fraction of sp³-hybridized carbons (Fsp3) is 0.571. The second-order valence-corrected chi connectivity index (χ2v) is 5.53. The van der Waals surface area contributed by atoms with Crippen molar-refractivity contribution >= 4 is 17.4 Å². The van der Waals surface area contributed by atoms with Crippen molar-refractivity contribution in [1.82, 2.24) is 9.88 Å². The molecule has 0 spiro atoms. The number of pyridine rings is 1. The van der Waals surface area contributed by atoms with Crippen LogP contribution < -0.4 is 5.32 Å². The lowest BCUT2D eigenvalue weighted by atomic mass is 10.0. The molecule has 114 valence electrons. The summed E-state index contributed by atoms with van der Waals surface area (Å²) in [4.78, 5) is 28.9. The van der Waals surface area contributed by atoms with Crippen LogP contribution >= 0.6 is 0 Å². The first-order valence-corrected chi connectivity index (χ1v) is 7.15. The monoisotopic (exact) mass is 292 g/mol. The Bertz CT molecular complexity index is 527. The fourth-order valence-electron chi connectivity index (χ4n) is 2.45. The number of hydrogen-bond acceptors (Lipinski definition) is 5. The summed E-state index contributed by atoms with van der Waals surface area (Å²) < 4.78 is 0. The maximum atomic E-state index is 12.5. The highest BCUT2D eigenvalue weighted by atomic mass is 16.6. The van der Waals surface area contributed by atoms with Gasteiger partial charge in [-0.3, -0.25) is 14.9 Å². The molecule has 0 unspecified atom stereocenters. The molecule has 0 radical (unpaired) electrons. The minimum atomic E-state index is -0.503. The molecule has 1 fully saturated rings. The van der Waals surface area contributed by atoms with Gasteiger partial charge in [0.25, 0.3) is 0 Å². The normalized spacial score (nSPS) is 16.0. The van der Waals surface area contributed by atoms with E-state index in [0.717, 1.165) is 25.9 Å². The third kappa shape index (κ3) is 3.48. The van der Waals surface area contributed by atoms with E-state index in [-0.39, 0.29) is 23.3 Å². The molecule has 2 rings (SSSR count). The van der Waals surface area contributed by atoms with E-state index in [1.807, 2.05) is 18.7 Å². The first-order valence-electron chi connectivity index (χ1n) is 7.15. The molecule has 1 aromatic rings. The van der Waals surface area contributed by atoms with E-state index in [2.05, 4.69) is 10.3 Å². The van der Waals surface area contributed by atoms with E-state index >= 15 is 0 Å². The molecule has 1 amide bonds. The standard InChI is InChI=1S/C14H20N4O3/c1-10(2)12(14(19)17-8-3-4-9-17)16-13-11(18(20)21)6-5-7-15-13/h5-7,10,12H,3-4,8-9H2,1-2H3,(H,15,16)/t12-/m0/s1. The average Bonchev–Trinajstić information content (AvgIpc) is 2.98. The van der Waals surface area contributed by atoms with Gasteiger partial charge in [0.1, 0.15) is 6.04 Å². The summed E-state index contributed by atoms with van der Waals surface area (Å²) in [7, 11) is 0. The maximum Gasteiger partial charge on any atom is 0.311 e. The summed E-state index contributed by atoms with van der Waals surface area (Å²) in [5.41, 5.74) is -0.114. The summed E-state index contributed by atoms with van der Waals surface area (Å²) in [5.74, 6) is 0.149. The topological polar surface area (TPSA) is 88.4 Å². The number of carbonyl (C=O) groups excluding carboxylic acids is 1. The molecule has 0 saturated carbocycles. The number of nitrogens with one attached hydrogen (secondary N) is 1. The first kappa shape index (κ1) is 15.2. The van der Waals surface area contributed by atoms with Gasteiger partial charge < -0.3 is 10.2 Å². The molecule has 7 heteroatoms. The summed E-state index contributed by atoms with van der Waals surface area (Å²) in [6.07, 6.45) is 3.51. The Morgan fingerprint density at radius 1 is 1.43 bits per heavy atom. The van der Waals surface area contributed by atoms with E-state index in [9.17, 15) is 14.9 Å². The molecule has 1 aromatic heterocycles. The van der Waals surface area contributed by atoms with E-state index in [1.54, 1.807) is 0 Å². The zero-order chi connectivity index (χ0) is 15.4. The second kappa shape index (κ2) is 6.51. The van der Waals surface area contributed by atoms with E-state index < -0.39 is 11.0 Å². The Labute approximate surface area is 123 Å². The summed E-state index contributed by atoms with van der Waals surface area (Å²) in [6, 6.07) is 2.39. The third-order valence-corrected chi connectivity index (χ3v) is 3.63. The molecule has 0 aromatic carbocycles. The second-order valence-electron chi connectivity index (χ2n) is 5.53. The Morgan fingerprint density at radius 3 is 2.67 bits per heavy atom. The van der Waals surface area contributed by atoms with Crippen molar-refractivity contribution in [3.05, 3.63) is 28.4 Å².